The second-order valence-electron chi connectivity index (χ2n) is 9.31. The quantitative estimate of drug-likeness (QED) is 0.530. The molecule has 2 aromatic carbocycles. The minimum absolute atomic E-state index is 0.194. The van der Waals surface area contributed by atoms with Crippen molar-refractivity contribution in [1.29, 1.82) is 0 Å². The van der Waals surface area contributed by atoms with Crippen LogP contribution in [0.5, 0.6) is 5.75 Å². The molecule has 0 radical (unpaired) electrons. The summed E-state index contributed by atoms with van der Waals surface area (Å²) in [7, 11) is 0. The number of piperidine rings is 2. The Labute approximate surface area is 199 Å². The van der Waals surface area contributed by atoms with Crippen LogP contribution in [0.2, 0.25) is 0 Å². The lowest BCUT2D eigenvalue weighted by Crippen LogP contribution is -2.52. The van der Waals surface area contributed by atoms with Gasteiger partial charge in [0.1, 0.15) is 18.4 Å². The number of ether oxygens (including phenoxy) is 1. The lowest BCUT2D eigenvalue weighted by atomic mass is 10.0. The van der Waals surface area contributed by atoms with Gasteiger partial charge in [-0.05, 0) is 42.5 Å². The highest BCUT2D eigenvalue weighted by molar-refractivity contribution is 6.05. The summed E-state index contributed by atoms with van der Waals surface area (Å²) in [6, 6.07) is 13.3. The molecule has 2 saturated heterocycles. The highest BCUT2D eigenvalue weighted by Crippen LogP contribution is 2.34. The zero-order valence-corrected chi connectivity index (χ0v) is 19.2. The highest BCUT2D eigenvalue weighted by atomic mass is 16.5. The summed E-state index contributed by atoms with van der Waals surface area (Å²) in [4.78, 5) is 40.7. The fourth-order valence-electron chi connectivity index (χ4n) is 4.88. The molecule has 3 amide bonds. The van der Waals surface area contributed by atoms with Crippen molar-refractivity contribution in [2.45, 2.75) is 51.4 Å². The molecule has 3 aliphatic heterocycles. The Balaban J connectivity index is 1.22. The standard InChI is InChI=1S/C27H29N3O4/c1-18-11-13-29(14-12-18)15-19-5-7-20(8-6-19)17-34-24-4-2-3-21-22(24)16-30(27(21)33)23-9-10-25(31)28-26(23)32/h2-8,23H,1,9-17H2,(H,28,31,32). The molecule has 1 atom stereocenters. The van der Waals surface area contributed by atoms with Gasteiger partial charge in [0, 0.05) is 37.2 Å². The van der Waals surface area contributed by atoms with Crippen molar-refractivity contribution in [1.82, 2.24) is 15.1 Å². The number of carbonyl (C=O) groups is 3. The minimum Gasteiger partial charge on any atom is -0.489 e. The van der Waals surface area contributed by atoms with Crippen molar-refractivity contribution in [3.05, 3.63) is 76.9 Å². The predicted octanol–water partition coefficient (Wildman–Crippen LogP) is 3.18. The number of carbonyl (C=O) groups excluding carboxylic acids is 3. The second-order valence-corrected chi connectivity index (χ2v) is 9.31. The van der Waals surface area contributed by atoms with Crippen LogP contribution in [0.4, 0.5) is 0 Å². The zero-order chi connectivity index (χ0) is 23.7. The molecule has 0 aliphatic carbocycles. The SMILES string of the molecule is C=C1CCN(Cc2ccc(COc3cccc4c3CN(C3CCC(=O)NC3=O)C4=O)cc2)CC1. The maximum absolute atomic E-state index is 13.0. The number of fused-ring (bicyclic) bond motifs is 1. The van der Waals surface area contributed by atoms with Gasteiger partial charge in [-0.2, -0.15) is 0 Å². The van der Waals surface area contributed by atoms with E-state index in [1.54, 1.807) is 17.0 Å². The molecule has 0 saturated carbocycles. The molecule has 176 valence electrons. The average molecular weight is 460 g/mol. The molecule has 7 nitrogen and oxygen atoms in total. The van der Waals surface area contributed by atoms with E-state index in [1.165, 1.54) is 11.1 Å². The van der Waals surface area contributed by atoms with E-state index in [-0.39, 0.29) is 18.2 Å². The monoisotopic (exact) mass is 459 g/mol. The Bertz CT molecular complexity index is 1130. The van der Waals surface area contributed by atoms with Gasteiger partial charge in [-0.15, -0.1) is 0 Å². The molecule has 3 aliphatic rings. The number of hydrogen-bond donors (Lipinski definition) is 1. The normalized spacial score (nSPS) is 20.9. The molecule has 2 aromatic rings. The van der Waals surface area contributed by atoms with Gasteiger partial charge in [0.25, 0.3) is 5.91 Å². The van der Waals surface area contributed by atoms with Gasteiger partial charge in [-0.1, -0.05) is 42.5 Å². The van der Waals surface area contributed by atoms with Crippen molar-refractivity contribution in [2.24, 2.45) is 0 Å². The summed E-state index contributed by atoms with van der Waals surface area (Å²) in [5, 5.41) is 2.34. The summed E-state index contributed by atoms with van der Waals surface area (Å²) in [5.74, 6) is -0.240. The van der Waals surface area contributed by atoms with Crippen LogP contribution < -0.4 is 10.1 Å². The summed E-state index contributed by atoms with van der Waals surface area (Å²) in [5.41, 5.74) is 5.03. The first-order valence-corrected chi connectivity index (χ1v) is 11.8. The summed E-state index contributed by atoms with van der Waals surface area (Å²) >= 11 is 0. The van der Waals surface area contributed by atoms with E-state index >= 15 is 0 Å². The van der Waals surface area contributed by atoms with Gasteiger partial charge in [-0.3, -0.25) is 24.6 Å². The Morgan fingerprint density at radius 1 is 0.971 bits per heavy atom. The number of hydrogen-bond acceptors (Lipinski definition) is 5. The third kappa shape index (κ3) is 4.61. The van der Waals surface area contributed by atoms with Crippen molar-refractivity contribution in [3.63, 3.8) is 0 Å². The third-order valence-corrected chi connectivity index (χ3v) is 6.93. The number of imide groups is 1. The maximum atomic E-state index is 13.0. The summed E-state index contributed by atoms with van der Waals surface area (Å²) in [6.07, 6.45) is 2.75. The fraction of sp³-hybridized carbons (Fsp3) is 0.370. The lowest BCUT2D eigenvalue weighted by Gasteiger charge is -2.29. The Morgan fingerprint density at radius 3 is 2.44 bits per heavy atom. The van der Waals surface area contributed by atoms with Gasteiger partial charge >= 0.3 is 0 Å². The molecule has 0 aromatic heterocycles. The lowest BCUT2D eigenvalue weighted by molar-refractivity contribution is -0.136. The summed E-state index contributed by atoms with van der Waals surface area (Å²) < 4.78 is 6.11. The molecule has 1 N–H and O–H groups in total. The smallest absolute Gasteiger partial charge is 0.255 e. The third-order valence-electron chi connectivity index (χ3n) is 6.93. The van der Waals surface area contributed by atoms with E-state index in [4.69, 9.17) is 4.74 Å². The molecular formula is C27H29N3O4. The molecule has 0 spiro atoms. The van der Waals surface area contributed by atoms with E-state index < -0.39 is 11.9 Å². The Morgan fingerprint density at radius 2 is 1.71 bits per heavy atom. The van der Waals surface area contributed by atoms with Gasteiger partial charge in [-0.25, -0.2) is 0 Å². The van der Waals surface area contributed by atoms with Crippen molar-refractivity contribution >= 4 is 17.7 Å². The van der Waals surface area contributed by atoms with Crippen LogP contribution in [0, 0.1) is 0 Å². The number of nitrogens with zero attached hydrogens (tertiary/aromatic N) is 2. The number of benzene rings is 2. The molecular weight excluding hydrogens is 430 g/mol. The van der Waals surface area contributed by atoms with Crippen molar-refractivity contribution < 1.29 is 19.1 Å². The topological polar surface area (TPSA) is 79.0 Å². The zero-order valence-electron chi connectivity index (χ0n) is 19.2. The summed E-state index contributed by atoms with van der Waals surface area (Å²) in [6.45, 7) is 7.86. The number of likely N-dealkylation sites (tertiary alicyclic amines) is 1. The molecule has 2 fully saturated rings. The minimum atomic E-state index is -0.629. The van der Waals surface area contributed by atoms with E-state index in [9.17, 15) is 14.4 Å². The van der Waals surface area contributed by atoms with Crippen molar-refractivity contribution in [2.75, 3.05) is 13.1 Å². The van der Waals surface area contributed by atoms with E-state index in [1.807, 2.05) is 6.07 Å². The maximum Gasteiger partial charge on any atom is 0.255 e. The largest absolute Gasteiger partial charge is 0.489 e. The highest BCUT2D eigenvalue weighted by Gasteiger charge is 2.40. The first-order chi connectivity index (χ1) is 16.5. The van der Waals surface area contributed by atoms with Gasteiger partial charge in [0.15, 0.2) is 0 Å². The van der Waals surface area contributed by atoms with Crippen LogP contribution in [0.1, 0.15) is 52.7 Å². The van der Waals surface area contributed by atoms with E-state index in [2.05, 4.69) is 41.1 Å². The average Bonchev–Trinajstić information content (AvgIpc) is 3.17. The number of nitrogens with one attached hydrogen (secondary N) is 1. The van der Waals surface area contributed by atoms with Crippen LogP contribution in [0.25, 0.3) is 0 Å². The number of amides is 3. The molecule has 3 heterocycles. The molecule has 7 heteroatoms. The first kappa shape index (κ1) is 22.3. The van der Waals surface area contributed by atoms with Crippen LogP contribution in [-0.4, -0.2) is 46.7 Å². The van der Waals surface area contributed by atoms with Crippen LogP contribution in [0.3, 0.4) is 0 Å². The fourth-order valence-corrected chi connectivity index (χ4v) is 4.88. The van der Waals surface area contributed by atoms with Gasteiger partial charge in [0.05, 0.1) is 6.54 Å². The van der Waals surface area contributed by atoms with E-state index in [0.717, 1.165) is 43.6 Å². The molecule has 34 heavy (non-hydrogen) atoms. The first-order valence-electron chi connectivity index (χ1n) is 11.8. The van der Waals surface area contributed by atoms with Gasteiger partial charge < -0.3 is 9.64 Å². The Kier molecular flexibility index (Phi) is 6.20. The van der Waals surface area contributed by atoms with Crippen LogP contribution in [0.15, 0.2) is 54.6 Å². The molecule has 5 rings (SSSR count). The predicted molar refractivity (Wildman–Crippen MR) is 127 cm³/mol. The van der Waals surface area contributed by atoms with E-state index in [0.29, 0.717) is 30.9 Å². The second kappa shape index (κ2) is 9.43. The molecule has 0 bridgehead atoms. The van der Waals surface area contributed by atoms with Crippen LogP contribution in [-0.2, 0) is 29.3 Å². The Hall–Kier alpha value is -3.45. The van der Waals surface area contributed by atoms with Gasteiger partial charge in [0.2, 0.25) is 11.8 Å². The van der Waals surface area contributed by atoms with Crippen molar-refractivity contribution in [3.8, 4) is 5.75 Å². The number of rotatable bonds is 6. The van der Waals surface area contributed by atoms with Crippen LogP contribution >= 0.6 is 0 Å². The molecule has 1 unspecified atom stereocenters.